The van der Waals surface area contributed by atoms with Gasteiger partial charge in [0.05, 0.1) is 12.3 Å². The first-order valence-electron chi connectivity index (χ1n) is 12.7. The molecule has 0 aromatic heterocycles. The summed E-state index contributed by atoms with van der Waals surface area (Å²) in [6, 6.07) is 25.7. The number of benzene rings is 3. The number of hydrazone groups is 1. The summed E-state index contributed by atoms with van der Waals surface area (Å²) in [6.45, 7) is 1.70. The van der Waals surface area contributed by atoms with Crippen LogP contribution in [0.2, 0.25) is 0 Å². The Kier molecular flexibility index (Phi) is 8.83. The third-order valence-corrected chi connectivity index (χ3v) is 6.68. The first kappa shape index (κ1) is 27.3. The standard InChI is InChI=1S/C30H31N5O4/c1-21(33-31)26-28(37)34(20-24-15-9-4-10-16-24)30(39)35(29(26)38)25(19-23-13-7-3-8-14-23)27(36)32-18-17-22-11-5-2-6-12-22/h2-16,25-26H,17-20,31H2,1H3,(H,32,36)/b33-21-. The van der Waals surface area contributed by atoms with Crippen LogP contribution < -0.4 is 11.2 Å². The normalized spacial score (nSPS) is 16.8. The quantitative estimate of drug-likeness (QED) is 0.182. The predicted molar refractivity (Wildman–Crippen MR) is 147 cm³/mol. The average molecular weight is 526 g/mol. The fraction of sp³-hybridized carbons (Fsp3) is 0.233. The molecule has 3 N–H and O–H groups in total. The molecular weight excluding hydrogens is 494 g/mol. The number of imide groups is 2. The van der Waals surface area contributed by atoms with Gasteiger partial charge in [-0.3, -0.25) is 19.3 Å². The lowest BCUT2D eigenvalue weighted by atomic mass is 9.94. The number of urea groups is 1. The molecule has 3 aromatic carbocycles. The number of nitrogens with two attached hydrogens (primary N) is 1. The van der Waals surface area contributed by atoms with Gasteiger partial charge in [-0.05, 0) is 30.0 Å². The van der Waals surface area contributed by atoms with Crippen LogP contribution in [-0.2, 0) is 33.8 Å². The second kappa shape index (κ2) is 12.6. The molecule has 2 unspecified atom stereocenters. The monoisotopic (exact) mass is 525 g/mol. The second-order valence-electron chi connectivity index (χ2n) is 9.34. The Morgan fingerprint density at radius 1 is 0.846 bits per heavy atom. The van der Waals surface area contributed by atoms with E-state index in [-0.39, 0.29) is 18.7 Å². The van der Waals surface area contributed by atoms with E-state index in [1.54, 1.807) is 24.3 Å². The number of hydrogen-bond donors (Lipinski definition) is 2. The molecule has 0 aliphatic carbocycles. The van der Waals surface area contributed by atoms with E-state index >= 15 is 0 Å². The maximum Gasteiger partial charge on any atom is 0.334 e. The lowest BCUT2D eigenvalue weighted by Crippen LogP contribution is -2.66. The first-order valence-corrected chi connectivity index (χ1v) is 12.7. The van der Waals surface area contributed by atoms with Gasteiger partial charge in [0.15, 0.2) is 5.92 Å². The van der Waals surface area contributed by atoms with E-state index in [1.807, 2.05) is 66.7 Å². The van der Waals surface area contributed by atoms with Gasteiger partial charge in [-0.15, -0.1) is 0 Å². The number of rotatable bonds is 10. The first-order chi connectivity index (χ1) is 18.9. The van der Waals surface area contributed by atoms with Gasteiger partial charge in [0.25, 0.3) is 0 Å². The molecule has 4 rings (SSSR count). The highest BCUT2D eigenvalue weighted by Gasteiger charge is 2.51. The zero-order chi connectivity index (χ0) is 27.8. The van der Waals surface area contributed by atoms with Crippen LogP contribution in [0.1, 0.15) is 23.6 Å². The van der Waals surface area contributed by atoms with Crippen molar-refractivity contribution in [3.05, 3.63) is 108 Å². The van der Waals surface area contributed by atoms with Crippen molar-refractivity contribution >= 4 is 29.5 Å². The fourth-order valence-corrected chi connectivity index (χ4v) is 4.58. The Morgan fingerprint density at radius 3 is 1.95 bits per heavy atom. The third-order valence-electron chi connectivity index (χ3n) is 6.68. The van der Waals surface area contributed by atoms with Crippen LogP contribution in [0.4, 0.5) is 4.79 Å². The van der Waals surface area contributed by atoms with Gasteiger partial charge in [-0.25, -0.2) is 9.69 Å². The molecule has 5 amide bonds. The summed E-state index contributed by atoms with van der Waals surface area (Å²) in [7, 11) is 0. The number of nitrogens with zero attached hydrogens (tertiary/aromatic N) is 3. The Morgan fingerprint density at radius 2 is 1.38 bits per heavy atom. The van der Waals surface area contributed by atoms with Crippen molar-refractivity contribution < 1.29 is 19.2 Å². The molecule has 1 aliphatic heterocycles. The molecule has 0 radical (unpaired) electrons. The molecular formula is C30H31N5O4. The Balaban J connectivity index is 1.67. The average Bonchev–Trinajstić information content (AvgIpc) is 2.96. The maximum atomic E-state index is 13.8. The molecule has 0 spiro atoms. The van der Waals surface area contributed by atoms with E-state index < -0.39 is 35.7 Å². The highest BCUT2D eigenvalue weighted by Crippen LogP contribution is 2.25. The number of carbonyl (C=O) groups excluding carboxylic acids is 4. The van der Waals surface area contributed by atoms with Crippen LogP contribution in [0, 0.1) is 5.92 Å². The summed E-state index contributed by atoms with van der Waals surface area (Å²) in [5.74, 6) is 2.02. The summed E-state index contributed by atoms with van der Waals surface area (Å²) in [6.07, 6.45) is 0.654. The SMILES string of the molecule is C/C(=N/N)C1C(=O)N(Cc2ccccc2)C(=O)N(C(Cc2ccccc2)C(=O)NCCc2ccccc2)C1=O. The van der Waals surface area contributed by atoms with Gasteiger partial charge in [0.1, 0.15) is 6.04 Å². The van der Waals surface area contributed by atoms with E-state index in [9.17, 15) is 19.2 Å². The molecule has 1 saturated heterocycles. The number of barbiturate groups is 1. The second-order valence-corrected chi connectivity index (χ2v) is 9.34. The highest BCUT2D eigenvalue weighted by molar-refractivity contribution is 6.27. The van der Waals surface area contributed by atoms with Crippen molar-refractivity contribution in [1.82, 2.24) is 15.1 Å². The minimum Gasteiger partial charge on any atom is -0.354 e. The van der Waals surface area contributed by atoms with E-state index in [0.717, 1.165) is 20.9 Å². The molecule has 9 heteroatoms. The van der Waals surface area contributed by atoms with Crippen LogP contribution in [-0.4, -0.2) is 51.9 Å². The molecule has 9 nitrogen and oxygen atoms in total. The van der Waals surface area contributed by atoms with E-state index in [1.165, 1.54) is 6.92 Å². The largest absolute Gasteiger partial charge is 0.354 e. The van der Waals surface area contributed by atoms with E-state index in [2.05, 4.69) is 10.4 Å². The molecule has 1 fully saturated rings. The van der Waals surface area contributed by atoms with E-state index in [4.69, 9.17) is 5.84 Å². The fourth-order valence-electron chi connectivity index (χ4n) is 4.58. The number of carbonyl (C=O) groups is 4. The van der Waals surface area contributed by atoms with Gasteiger partial charge < -0.3 is 11.2 Å². The molecule has 200 valence electrons. The zero-order valence-electron chi connectivity index (χ0n) is 21.7. The minimum atomic E-state index is -1.41. The molecule has 0 saturated carbocycles. The molecule has 1 aliphatic rings. The molecule has 2 atom stereocenters. The van der Waals surface area contributed by atoms with Gasteiger partial charge in [-0.1, -0.05) is 91.0 Å². The zero-order valence-corrected chi connectivity index (χ0v) is 21.7. The van der Waals surface area contributed by atoms with Crippen LogP contribution in [0.5, 0.6) is 0 Å². The van der Waals surface area contributed by atoms with Crippen LogP contribution in [0.15, 0.2) is 96.1 Å². The van der Waals surface area contributed by atoms with Crippen LogP contribution in [0.25, 0.3) is 0 Å². The minimum absolute atomic E-state index is 0.0588. The smallest absolute Gasteiger partial charge is 0.334 e. The lowest BCUT2D eigenvalue weighted by molar-refractivity contribution is -0.150. The molecule has 1 heterocycles. The molecule has 0 bridgehead atoms. The van der Waals surface area contributed by atoms with Crippen molar-refractivity contribution in [3.63, 3.8) is 0 Å². The predicted octanol–water partition coefficient (Wildman–Crippen LogP) is 2.90. The van der Waals surface area contributed by atoms with Crippen LogP contribution in [0.3, 0.4) is 0 Å². The van der Waals surface area contributed by atoms with Gasteiger partial charge in [-0.2, -0.15) is 5.10 Å². The molecule has 39 heavy (non-hydrogen) atoms. The summed E-state index contributed by atoms with van der Waals surface area (Å²) >= 11 is 0. The number of nitrogens with one attached hydrogen (secondary N) is 1. The van der Waals surface area contributed by atoms with E-state index in [0.29, 0.717) is 18.5 Å². The highest BCUT2D eigenvalue weighted by atomic mass is 16.2. The topological polar surface area (TPSA) is 125 Å². The third kappa shape index (κ3) is 6.38. The van der Waals surface area contributed by atoms with Crippen molar-refractivity contribution in [2.75, 3.05) is 6.54 Å². The van der Waals surface area contributed by atoms with Gasteiger partial charge in [0.2, 0.25) is 17.7 Å². The summed E-state index contributed by atoms with van der Waals surface area (Å²) in [5.41, 5.74) is 2.55. The summed E-state index contributed by atoms with van der Waals surface area (Å²) < 4.78 is 0. The molecule has 3 aromatic rings. The Bertz CT molecular complexity index is 1350. The van der Waals surface area contributed by atoms with Crippen molar-refractivity contribution in [2.45, 2.75) is 32.4 Å². The summed E-state index contributed by atoms with van der Waals surface area (Å²) in [5, 5.41) is 6.48. The lowest BCUT2D eigenvalue weighted by Gasteiger charge is -2.40. The van der Waals surface area contributed by atoms with Gasteiger partial charge in [0, 0.05) is 13.0 Å². The number of hydrogen-bond acceptors (Lipinski definition) is 6. The van der Waals surface area contributed by atoms with Crippen molar-refractivity contribution in [3.8, 4) is 0 Å². The number of amides is 5. The Hall–Kier alpha value is -4.79. The van der Waals surface area contributed by atoms with Crippen molar-refractivity contribution in [2.24, 2.45) is 16.9 Å². The maximum absolute atomic E-state index is 13.8. The summed E-state index contributed by atoms with van der Waals surface area (Å²) in [4.78, 5) is 56.4. The Labute approximate surface area is 227 Å². The van der Waals surface area contributed by atoms with Crippen LogP contribution >= 0.6 is 0 Å². The van der Waals surface area contributed by atoms with Crippen molar-refractivity contribution in [1.29, 1.82) is 0 Å². The van der Waals surface area contributed by atoms with Gasteiger partial charge >= 0.3 is 6.03 Å².